The van der Waals surface area contributed by atoms with Gasteiger partial charge < -0.3 is 14.5 Å². The lowest BCUT2D eigenvalue weighted by Gasteiger charge is -2.10. The van der Waals surface area contributed by atoms with E-state index in [1.165, 1.54) is 24.3 Å². The molecule has 0 amide bonds. The van der Waals surface area contributed by atoms with Gasteiger partial charge in [0.2, 0.25) is 5.78 Å². The topological polar surface area (TPSA) is 85.5 Å². The van der Waals surface area contributed by atoms with Crippen LogP contribution in [0.3, 0.4) is 0 Å². The van der Waals surface area contributed by atoms with E-state index in [-0.39, 0.29) is 12.3 Å². The lowest BCUT2D eigenvalue weighted by molar-refractivity contribution is -0.140. The summed E-state index contributed by atoms with van der Waals surface area (Å²) >= 11 is 1.52. The summed E-state index contributed by atoms with van der Waals surface area (Å²) in [6, 6.07) is 1.87. The maximum atomic E-state index is 12.6. The highest BCUT2D eigenvalue weighted by atomic mass is 32.1. The molecule has 0 aliphatic rings. The number of thiophene rings is 1. The summed E-state index contributed by atoms with van der Waals surface area (Å²) in [5, 5.41) is 3.79. The number of ether oxygens (including phenoxy) is 2. The van der Waals surface area contributed by atoms with Gasteiger partial charge in [-0.3, -0.25) is 4.79 Å². The van der Waals surface area contributed by atoms with Gasteiger partial charge in [-0.15, -0.1) is 0 Å². The van der Waals surface area contributed by atoms with Crippen LogP contribution in [0.1, 0.15) is 51.5 Å². The number of aromatic nitrogens is 1. The van der Waals surface area contributed by atoms with E-state index in [0.29, 0.717) is 16.8 Å². The Labute approximate surface area is 155 Å². The van der Waals surface area contributed by atoms with E-state index < -0.39 is 23.8 Å². The van der Waals surface area contributed by atoms with E-state index >= 15 is 0 Å². The molecule has 0 spiro atoms. The third-order valence-electron chi connectivity index (χ3n) is 3.78. The zero-order chi connectivity index (χ0) is 19.3. The van der Waals surface area contributed by atoms with E-state index in [1.54, 1.807) is 26.8 Å². The summed E-state index contributed by atoms with van der Waals surface area (Å²) in [5.74, 6) is -1.50. The first-order valence-electron chi connectivity index (χ1n) is 8.16. The molecule has 0 radical (unpaired) electrons. The van der Waals surface area contributed by atoms with Crippen LogP contribution in [-0.4, -0.2) is 35.4 Å². The van der Waals surface area contributed by atoms with Crippen molar-refractivity contribution >= 4 is 35.1 Å². The van der Waals surface area contributed by atoms with Crippen LogP contribution in [0.4, 0.5) is 0 Å². The van der Waals surface area contributed by atoms with Crippen LogP contribution in [0.5, 0.6) is 0 Å². The fourth-order valence-corrected chi connectivity index (χ4v) is 3.14. The second kappa shape index (κ2) is 8.62. The summed E-state index contributed by atoms with van der Waals surface area (Å²) in [4.78, 5) is 39.4. The molecule has 138 valence electrons. The van der Waals surface area contributed by atoms with E-state index in [2.05, 4.69) is 4.98 Å². The summed E-state index contributed by atoms with van der Waals surface area (Å²) < 4.78 is 10.2. The number of nitrogens with one attached hydrogen (secondary N) is 1. The molecule has 0 fully saturated rings. The Balaban J connectivity index is 2.09. The second-order valence-electron chi connectivity index (χ2n) is 5.68. The SMILES string of the molecule is CCOC(=O)c1c(C)[nH]c(C(=O)[C@@H](C)OC(=O)/C=C/c2ccsc2)c1C. The first kappa shape index (κ1) is 19.7. The highest BCUT2D eigenvalue weighted by Gasteiger charge is 2.27. The molecule has 0 aliphatic heterocycles. The van der Waals surface area contributed by atoms with Crippen LogP contribution < -0.4 is 0 Å². The monoisotopic (exact) mass is 375 g/mol. The van der Waals surface area contributed by atoms with E-state index in [4.69, 9.17) is 9.47 Å². The second-order valence-corrected chi connectivity index (χ2v) is 6.46. The van der Waals surface area contributed by atoms with Gasteiger partial charge in [-0.05, 0) is 61.7 Å². The number of hydrogen-bond donors (Lipinski definition) is 1. The molecule has 0 aliphatic carbocycles. The molecule has 2 heterocycles. The Morgan fingerprint density at radius 3 is 2.65 bits per heavy atom. The van der Waals surface area contributed by atoms with Crippen LogP contribution in [0.15, 0.2) is 22.9 Å². The Bertz CT molecular complexity index is 832. The summed E-state index contributed by atoms with van der Waals surface area (Å²) in [7, 11) is 0. The molecule has 2 rings (SSSR count). The van der Waals surface area contributed by atoms with E-state index in [9.17, 15) is 14.4 Å². The molecule has 7 heteroatoms. The predicted molar refractivity (Wildman–Crippen MR) is 99.5 cm³/mol. The van der Waals surface area contributed by atoms with Crippen molar-refractivity contribution in [1.82, 2.24) is 4.98 Å². The van der Waals surface area contributed by atoms with Gasteiger partial charge in [0.25, 0.3) is 0 Å². The number of carbonyl (C=O) groups excluding carboxylic acids is 3. The van der Waals surface area contributed by atoms with Crippen LogP contribution in [0.25, 0.3) is 6.08 Å². The van der Waals surface area contributed by atoms with Crippen molar-refractivity contribution in [2.75, 3.05) is 6.61 Å². The smallest absolute Gasteiger partial charge is 0.340 e. The first-order valence-corrected chi connectivity index (χ1v) is 9.10. The molecule has 6 nitrogen and oxygen atoms in total. The third-order valence-corrected chi connectivity index (χ3v) is 4.48. The molecule has 1 N–H and O–H groups in total. The third kappa shape index (κ3) is 4.49. The maximum absolute atomic E-state index is 12.6. The van der Waals surface area contributed by atoms with Gasteiger partial charge in [-0.25, -0.2) is 9.59 Å². The quantitative estimate of drug-likeness (QED) is 0.453. The van der Waals surface area contributed by atoms with Gasteiger partial charge in [0.05, 0.1) is 17.9 Å². The van der Waals surface area contributed by atoms with Gasteiger partial charge in [0.15, 0.2) is 6.10 Å². The van der Waals surface area contributed by atoms with E-state index in [0.717, 1.165) is 5.56 Å². The van der Waals surface area contributed by atoms with Crippen molar-refractivity contribution in [3.63, 3.8) is 0 Å². The summed E-state index contributed by atoms with van der Waals surface area (Å²) in [6.07, 6.45) is 1.92. The number of carbonyl (C=O) groups is 3. The largest absolute Gasteiger partial charge is 0.462 e. The van der Waals surface area contributed by atoms with Crippen LogP contribution in [0, 0.1) is 13.8 Å². The van der Waals surface area contributed by atoms with Crippen LogP contribution in [-0.2, 0) is 14.3 Å². The molecule has 0 unspecified atom stereocenters. The lowest BCUT2D eigenvalue weighted by Crippen LogP contribution is -2.24. The number of esters is 2. The molecular weight excluding hydrogens is 354 g/mol. The minimum atomic E-state index is -0.985. The fourth-order valence-electron chi connectivity index (χ4n) is 2.51. The van der Waals surface area contributed by atoms with Gasteiger partial charge in [-0.1, -0.05) is 0 Å². The standard InChI is InChI=1S/C19H21NO5S/c1-5-24-19(23)16-11(2)17(20-12(16)3)18(22)13(4)25-15(21)7-6-14-8-9-26-10-14/h6-10,13,20H,5H2,1-4H3/b7-6+/t13-/m1/s1. The summed E-state index contributed by atoms with van der Waals surface area (Å²) in [5.41, 5.74) is 2.50. The Morgan fingerprint density at radius 1 is 1.31 bits per heavy atom. The van der Waals surface area contributed by atoms with Crippen molar-refractivity contribution in [3.8, 4) is 0 Å². The number of rotatable bonds is 7. The van der Waals surface area contributed by atoms with Crippen molar-refractivity contribution < 1.29 is 23.9 Å². The Hall–Kier alpha value is -2.67. The number of hydrogen-bond acceptors (Lipinski definition) is 6. The molecule has 26 heavy (non-hydrogen) atoms. The van der Waals surface area contributed by atoms with Crippen molar-refractivity contribution in [1.29, 1.82) is 0 Å². The molecule has 0 bridgehead atoms. The number of aromatic amines is 1. The van der Waals surface area contributed by atoms with Crippen molar-refractivity contribution in [2.24, 2.45) is 0 Å². The normalized spacial score (nSPS) is 12.2. The van der Waals surface area contributed by atoms with E-state index in [1.807, 2.05) is 16.8 Å². The van der Waals surface area contributed by atoms with Crippen molar-refractivity contribution in [3.05, 3.63) is 51.0 Å². The minimum absolute atomic E-state index is 0.243. The highest BCUT2D eigenvalue weighted by Crippen LogP contribution is 2.21. The zero-order valence-corrected chi connectivity index (χ0v) is 15.9. The first-order chi connectivity index (χ1) is 12.3. The number of aryl methyl sites for hydroxylation is 1. The van der Waals surface area contributed by atoms with Gasteiger partial charge >= 0.3 is 11.9 Å². The van der Waals surface area contributed by atoms with Crippen LogP contribution >= 0.6 is 11.3 Å². The fraction of sp³-hybridized carbons (Fsp3) is 0.316. The zero-order valence-electron chi connectivity index (χ0n) is 15.1. The van der Waals surface area contributed by atoms with Crippen LogP contribution in [0.2, 0.25) is 0 Å². The molecule has 0 saturated heterocycles. The predicted octanol–water partition coefficient (Wildman–Crippen LogP) is 3.70. The Kier molecular flexibility index (Phi) is 6.52. The molecule has 2 aromatic heterocycles. The maximum Gasteiger partial charge on any atom is 0.340 e. The molecule has 0 aromatic carbocycles. The average molecular weight is 375 g/mol. The van der Waals surface area contributed by atoms with Crippen molar-refractivity contribution in [2.45, 2.75) is 33.8 Å². The molecule has 0 saturated carbocycles. The number of Topliss-reactive ketones (excluding diaryl/α,β-unsaturated/α-hetero) is 1. The molecular formula is C19H21NO5S. The van der Waals surface area contributed by atoms with Gasteiger partial charge in [0.1, 0.15) is 0 Å². The Morgan fingerprint density at radius 2 is 2.04 bits per heavy atom. The summed E-state index contributed by atoms with van der Waals surface area (Å²) in [6.45, 7) is 6.81. The molecule has 2 aromatic rings. The lowest BCUT2D eigenvalue weighted by atomic mass is 10.1. The number of H-pyrrole nitrogens is 1. The number of ketones is 1. The molecule has 1 atom stereocenters. The highest BCUT2D eigenvalue weighted by molar-refractivity contribution is 7.08. The minimum Gasteiger partial charge on any atom is -0.462 e. The van der Waals surface area contributed by atoms with Gasteiger partial charge in [-0.2, -0.15) is 11.3 Å². The van der Waals surface area contributed by atoms with Gasteiger partial charge in [0, 0.05) is 11.8 Å². The average Bonchev–Trinajstić information content (AvgIpc) is 3.20.